The maximum Gasteiger partial charge on any atom is 0.265 e. The molecule has 17 heavy (non-hydrogen) atoms. The predicted octanol–water partition coefficient (Wildman–Crippen LogP) is 4.04. The molecule has 2 aliphatic rings. The van der Waals surface area contributed by atoms with Crippen LogP contribution in [-0.4, -0.2) is 27.7 Å². The van der Waals surface area contributed by atoms with Crippen LogP contribution in [0.2, 0.25) is 0 Å². The third-order valence-electron chi connectivity index (χ3n) is 3.72. The Bertz CT molecular complexity index is 433. The largest absolute Gasteiger partial charge is 0.332 e. The Morgan fingerprint density at radius 2 is 2.00 bits per heavy atom. The number of rotatable bonds is 1. The van der Waals surface area contributed by atoms with E-state index in [-0.39, 0.29) is 5.91 Å². The van der Waals surface area contributed by atoms with Gasteiger partial charge in [0.1, 0.15) is 4.88 Å². The molecule has 0 saturated carbocycles. The van der Waals surface area contributed by atoms with E-state index in [0.717, 1.165) is 22.2 Å². The topological polar surface area (TPSA) is 20.3 Å². The lowest BCUT2D eigenvalue weighted by atomic mass is 10.0. The SMILES string of the molecule is O=C(c1sccc1Br)N1C2CCC1CC(Br)C2. The highest BCUT2D eigenvalue weighted by atomic mass is 79.9. The number of hydrogen-bond acceptors (Lipinski definition) is 2. The van der Waals surface area contributed by atoms with Gasteiger partial charge >= 0.3 is 0 Å². The predicted molar refractivity (Wildman–Crippen MR) is 76.9 cm³/mol. The normalized spacial score (nSPS) is 31.9. The summed E-state index contributed by atoms with van der Waals surface area (Å²) in [5, 5.41) is 1.97. The molecule has 0 aliphatic carbocycles. The summed E-state index contributed by atoms with van der Waals surface area (Å²) in [4.78, 5) is 16.1. The average molecular weight is 379 g/mol. The van der Waals surface area contributed by atoms with Gasteiger partial charge in [-0.1, -0.05) is 15.9 Å². The van der Waals surface area contributed by atoms with E-state index in [2.05, 4.69) is 36.8 Å². The molecule has 1 amide bonds. The first-order valence-electron chi connectivity index (χ1n) is 5.86. The van der Waals surface area contributed by atoms with Crippen molar-refractivity contribution in [2.45, 2.75) is 42.6 Å². The van der Waals surface area contributed by atoms with Crippen molar-refractivity contribution in [3.63, 3.8) is 0 Å². The van der Waals surface area contributed by atoms with E-state index in [1.165, 1.54) is 24.2 Å². The van der Waals surface area contributed by atoms with Crippen LogP contribution >= 0.6 is 43.2 Å². The molecule has 2 fully saturated rings. The number of carbonyl (C=O) groups is 1. The second-order valence-electron chi connectivity index (χ2n) is 4.76. The number of piperidine rings is 1. The molecule has 2 atom stereocenters. The van der Waals surface area contributed by atoms with Crippen molar-refractivity contribution in [3.05, 3.63) is 20.8 Å². The van der Waals surface area contributed by atoms with Gasteiger partial charge in [0, 0.05) is 21.4 Å². The summed E-state index contributed by atoms with van der Waals surface area (Å²) in [5.41, 5.74) is 0. The fourth-order valence-electron chi connectivity index (χ4n) is 3.01. The number of amides is 1. The number of hydrogen-bond donors (Lipinski definition) is 0. The molecule has 0 N–H and O–H groups in total. The van der Waals surface area contributed by atoms with Gasteiger partial charge in [-0.05, 0) is 53.1 Å². The van der Waals surface area contributed by atoms with Crippen molar-refractivity contribution >= 4 is 49.1 Å². The van der Waals surface area contributed by atoms with Crippen LogP contribution in [0.3, 0.4) is 0 Å². The molecule has 1 aromatic rings. The lowest BCUT2D eigenvalue weighted by molar-refractivity contribution is 0.0608. The molecule has 2 bridgehead atoms. The lowest BCUT2D eigenvalue weighted by Crippen LogP contribution is -2.46. The minimum absolute atomic E-state index is 0.221. The van der Waals surface area contributed by atoms with Gasteiger partial charge in [-0.3, -0.25) is 4.79 Å². The summed E-state index contributed by atoms with van der Waals surface area (Å²) < 4.78 is 0.938. The van der Waals surface area contributed by atoms with Crippen LogP contribution < -0.4 is 0 Å². The van der Waals surface area contributed by atoms with Crippen molar-refractivity contribution in [1.29, 1.82) is 0 Å². The summed E-state index contributed by atoms with van der Waals surface area (Å²) >= 11 is 8.70. The Kier molecular flexibility index (Phi) is 3.34. The molecule has 0 aromatic carbocycles. The third-order valence-corrected chi connectivity index (χ3v) is 6.29. The molecule has 2 unspecified atom stereocenters. The molecule has 0 spiro atoms. The fourth-order valence-corrected chi connectivity index (χ4v) is 5.35. The van der Waals surface area contributed by atoms with Crippen LogP contribution in [0.5, 0.6) is 0 Å². The number of fused-ring (bicyclic) bond motifs is 2. The number of alkyl halides is 1. The van der Waals surface area contributed by atoms with Crippen molar-refractivity contribution in [2.75, 3.05) is 0 Å². The van der Waals surface area contributed by atoms with Gasteiger partial charge < -0.3 is 4.90 Å². The Balaban J connectivity index is 1.86. The number of nitrogens with zero attached hydrogens (tertiary/aromatic N) is 1. The Morgan fingerprint density at radius 3 is 2.53 bits per heavy atom. The van der Waals surface area contributed by atoms with Crippen LogP contribution in [0.15, 0.2) is 15.9 Å². The van der Waals surface area contributed by atoms with Crippen molar-refractivity contribution in [2.24, 2.45) is 0 Å². The third kappa shape index (κ3) is 2.10. The van der Waals surface area contributed by atoms with Crippen LogP contribution in [0.1, 0.15) is 35.4 Å². The van der Waals surface area contributed by atoms with Gasteiger partial charge in [0.2, 0.25) is 0 Å². The van der Waals surface area contributed by atoms with E-state index in [9.17, 15) is 4.79 Å². The van der Waals surface area contributed by atoms with Gasteiger partial charge in [0.25, 0.3) is 5.91 Å². The standard InChI is InChI=1S/C12H13Br2NOS/c13-7-5-8-1-2-9(6-7)15(8)12(16)11-10(14)3-4-17-11/h3-4,7-9H,1-2,5-6H2. The smallest absolute Gasteiger partial charge is 0.265 e. The summed E-state index contributed by atoms with van der Waals surface area (Å²) in [6, 6.07) is 2.84. The first-order valence-corrected chi connectivity index (χ1v) is 8.45. The zero-order chi connectivity index (χ0) is 12.0. The van der Waals surface area contributed by atoms with E-state index >= 15 is 0 Å². The molecule has 2 saturated heterocycles. The quantitative estimate of drug-likeness (QED) is 0.675. The summed E-state index contributed by atoms with van der Waals surface area (Å²) in [6.07, 6.45) is 4.54. The molecular weight excluding hydrogens is 366 g/mol. The average Bonchev–Trinajstić information content (AvgIpc) is 2.81. The minimum Gasteiger partial charge on any atom is -0.332 e. The van der Waals surface area contributed by atoms with Crippen LogP contribution in [-0.2, 0) is 0 Å². The summed E-state index contributed by atoms with van der Waals surface area (Å²) in [7, 11) is 0. The van der Waals surface area contributed by atoms with Crippen LogP contribution in [0.25, 0.3) is 0 Å². The maximum absolute atomic E-state index is 12.5. The molecule has 5 heteroatoms. The zero-order valence-corrected chi connectivity index (χ0v) is 13.2. The van der Waals surface area contributed by atoms with Gasteiger partial charge in [0.15, 0.2) is 0 Å². The highest BCUT2D eigenvalue weighted by Crippen LogP contribution is 2.40. The molecule has 2 aliphatic heterocycles. The molecule has 1 aromatic heterocycles. The number of carbonyl (C=O) groups excluding carboxylic acids is 1. The second kappa shape index (κ2) is 4.67. The molecule has 2 nitrogen and oxygen atoms in total. The van der Waals surface area contributed by atoms with E-state index in [1.54, 1.807) is 0 Å². The van der Waals surface area contributed by atoms with Gasteiger partial charge in [-0.2, -0.15) is 0 Å². The summed E-state index contributed by atoms with van der Waals surface area (Å²) in [6.45, 7) is 0. The lowest BCUT2D eigenvalue weighted by Gasteiger charge is -2.37. The first kappa shape index (κ1) is 12.2. The van der Waals surface area contributed by atoms with E-state index in [0.29, 0.717) is 16.9 Å². The number of halogens is 2. The Hall–Kier alpha value is 0.130. The first-order chi connectivity index (χ1) is 8.16. The molecule has 3 rings (SSSR count). The highest BCUT2D eigenvalue weighted by molar-refractivity contribution is 9.10. The van der Waals surface area contributed by atoms with Crippen molar-refractivity contribution in [3.8, 4) is 0 Å². The van der Waals surface area contributed by atoms with E-state index in [4.69, 9.17) is 0 Å². The van der Waals surface area contributed by atoms with Gasteiger partial charge in [0.05, 0.1) is 0 Å². The van der Waals surface area contributed by atoms with Gasteiger partial charge in [-0.25, -0.2) is 0 Å². The highest BCUT2D eigenvalue weighted by Gasteiger charge is 2.43. The van der Waals surface area contributed by atoms with Crippen molar-refractivity contribution in [1.82, 2.24) is 4.90 Å². The fraction of sp³-hybridized carbons (Fsp3) is 0.583. The molecule has 3 heterocycles. The van der Waals surface area contributed by atoms with Crippen LogP contribution in [0, 0.1) is 0 Å². The van der Waals surface area contributed by atoms with Crippen LogP contribution in [0.4, 0.5) is 0 Å². The summed E-state index contributed by atoms with van der Waals surface area (Å²) in [5.74, 6) is 0.221. The Labute approximate surface area is 122 Å². The number of thiophene rings is 1. The monoisotopic (exact) mass is 377 g/mol. The van der Waals surface area contributed by atoms with E-state index in [1.807, 2.05) is 11.4 Å². The molecular formula is C12H13Br2NOS. The maximum atomic E-state index is 12.5. The van der Waals surface area contributed by atoms with Gasteiger partial charge in [-0.15, -0.1) is 11.3 Å². The Morgan fingerprint density at radius 1 is 1.35 bits per heavy atom. The zero-order valence-electron chi connectivity index (χ0n) is 9.23. The second-order valence-corrected chi connectivity index (χ2v) is 7.83. The van der Waals surface area contributed by atoms with E-state index < -0.39 is 0 Å². The molecule has 92 valence electrons. The van der Waals surface area contributed by atoms with Crippen molar-refractivity contribution < 1.29 is 4.79 Å². The minimum atomic E-state index is 0.221. The molecule has 0 radical (unpaired) electrons.